The summed E-state index contributed by atoms with van der Waals surface area (Å²) in [5.41, 5.74) is 3.99. The number of hydrogen-bond donors (Lipinski definition) is 1. The highest BCUT2D eigenvalue weighted by Gasteiger charge is 2.24. The largest absolute Gasteiger partial charge is 0.403 e. The number of anilines is 1. The highest BCUT2D eigenvalue weighted by molar-refractivity contribution is 5.80. The molecule has 5 rings (SSSR count). The molecule has 0 radical (unpaired) electrons. The van der Waals surface area contributed by atoms with Crippen LogP contribution in [-0.2, 0) is 0 Å². The topological polar surface area (TPSA) is 95.6 Å². The Balaban J connectivity index is 1.59. The lowest BCUT2D eigenvalue weighted by molar-refractivity contribution is 0.305. The molecular weight excluding hydrogens is 382 g/mol. The molecular formula is C21H23N7O2. The van der Waals surface area contributed by atoms with Crippen LogP contribution in [0, 0.1) is 13.8 Å². The van der Waals surface area contributed by atoms with Gasteiger partial charge in [-0.3, -0.25) is 9.89 Å². The standard InChI is InChI=1S/C21H23N7O2/c1-13-17(19-23-24-21(30-19)27-11-9-26(3)10-12-27)20(29)28-18(22-13)16(14(2)25-28)15-7-5-4-6-8-15/h4-8,25H,9-12H2,1-3H3. The van der Waals surface area contributed by atoms with Crippen molar-refractivity contribution in [3.05, 3.63) is 52.1 Å². The molecule has 4 heterocycles. The van der Waals surface area contributed by atoms with Gasteiger partial charge in [0.05, 0.1) is 5.69 Å². The van der Waals surface area contributed by atoms with Crippen molar-refractivity contribution in [2.75, 3.05) is 38.1 Å². The molecule has 0 spiro atoms. The van der Waals surface area contributed by atoms with Gasteiger partial charge in [0, 0.05) is 37.4 Å². The van der Waals surface area contributed by atoms with E-state index in [0.717, 1.165) is 43.0 Å². The molecule has 30 heavy (non-hydrogen) atoms. The third kappa shape index (κ3) is 2.98. The molecule has 1 fully saturated rings. The van der Waals surface area contributed by atoms with Gasteiger partial charge in [-0.05, 0) is 26.5 Å². The number of H-pyrrole nitrogens is 1. The Bertz CT molecular complexity index is 1260. The number of nitrogens with zero attached hydrogens (tertiary/aromatic N) is 6. The summed E-state index contributed by atoms with van der Waals surface area (Å²) in [6.07, 6.45) is 0. The first-order valence-electron chi connectivity index (χ1n) is 9.97. The number of hydrogen-bond acceptors (Lipinski definition) is 7. The van der Waals surface area contributed by atoms with E-state index in [-0.39, 0.29) is 11.4 Å². The van der Waals surface area contributed by atoms with Crippen LogP contribution in [0.3, 0.4) is 0 Å². The van der Waals surface area contributed by atoms with Crippen LogP contribution in [0.15, 0.2) is 39.5 Å². The molecule has 0 saturated carbocycles. The molecule has 1 N–H and O–H groups in total. The smallest absolute Gasteiger partial charge is 0.318 e. The summed E-state index contributed by atoms with van der Waals surface area (Å²) in [6.45, 7) is 7.21. The summed E-state index contributed by atoms with van der Waals surface area (Å²) in [4.78, 5) is 22.3. The third-order valence-electron chi connectivity index (χ3n) is 5.61. The summed E-state index contributed by atoms with van der Waals surface area (Å²) in [5, 5.41) is 11.5. The highest BCUT2D eigenvalue weighted by Crippen LogP contribution is 2.28. The Morgan fingerprint density at radius 3 is 2.47 bits per heavy atom. The monoisotopic (exact) mass is 405 g/mol. The molecule has 9 heteroatoms. The summed E-state index contributed by atoms with van der Waals surface area (Å²) in [6, 6.07) is 10.4. The molecule has 0 aliphatic carbocycles. The zero-order valence-corrected chi connectivity index (χ0v) is 17.2. The van der Waals surface area contributed by atoms with Crippen LogP contribution >= 0.6 is 0 Å². The van der Waals surface area contributed by atoms with Gasteiger partial charge in [-0.15, -0.1) is 5.10 Å². The Kier molecular flexibility index (Phi) is 4.39. The van der Waals surface area contributed by atoms with Gasteiger partial charge in [0.15, 0.2) is 5.65 Å². The van der Waals surface area contributed by atoms with E-state index in [1.165, 1.54) is 4.52 Å². The molecule has 154 valence electrons. The van der Waals surface area contributed by atoms with E-state index < -0.39 is 0 Å². The summed E-state index contributed by atoms with van der Waals surface area (Å²) >= 11 is 0. The van der Waals surface area contributed by atoms with Crippen LogP contribution in [0.5, 0.6) is 0 Å². The number of fused-ring (bicyclic) bond motifs is 1. The quantitative estimate of drug-likeness (QED) is 0.558. The van der Waals surface area contributed by atoms with Crippen molar-refractivity contribution in [1.29, 1.82) is 0 Å². The highest BCUT2D eigenvalue weighted by atomic mass is 16.4. The lowest BCUT2D eigenvalue weighted by Crippen LogP contribution is -2.44. The Morgan fingerprint density at radius 1 is 1.00 bits per heavy atom. The predicted octanol–water partition coefficient (Wildman–Crippen LogP) is 2.11. The van der Waals surface area contributed by atoms with Gasteiger partial charge in [0.2, 0.25) is 0 Å². The molecule has 0 amide bonds. The molecule has 0 unspecified atom stereocenters. The molecule has 4 aromatic rings. The van der Waals surface area contributed by atoms with Gasteiger partial charge >= 0.3 is 6.01 Å². The molecule has 1 aromatic carbocycles. The zero-order valence-electron chi connectivity index (χ0n) is 17.2. The average Bonchev–Trinajstić information content (AvgIpc) is 3.34. The first-order chi connectivity index (χ1) is 14.5. The lowest BCUT2D eigenvalue weighted by atomic mass is 10.1. The molecule has 1 aliphatic heterocycles. The van der Waals surface area contributed by atoms with Crippen molar-refractivity contribution in [2.45, 2.75) is 13.8 Å². The molecule has 1 saturated heterocycles. The van der Waals surface area contributed by atoms with Crippen molar-refractivity contribution in [2.24, 2.45) is 0 Å². The molecule has 0 atom stereocenters. The number of piperazine rings is 1. The van der Waals surface area contributed by atoms with Crippen LogP contribution in [-0.4, -0.2) is 62.9 Å². The summed E-state index contributed by atoms with van der Waals surface area (Å²) < 4.78 is 7.35. The second-order valence-corrected chi connectivity index (χ2v) is 7.69. The van der Waals surface area contributed by atoms with Crippen molar-refractivity contribution in [1.82, 2.24) is 29.7 Å². The van der Waals surface area contributed by atoms with E-state index in [1.54, 1.807) is 6.92 Å². The maximum atomic E-state index is 13.3. The normalized spacial score (nSPS) is 15.2. The number of aromatic amines is 1. The fraction of sp³-hybridized carbons (Fsp3) is 0.333. The minimum atomic E-state index is -0.253. The fourth-order valence-corrected chi connectivity index (χ4v) is 3.93. The Morgan fingerprint density at radius 2 is 1.73 bits per heavy atom. The van der Waals surface area contributed by atoms with E-state index >= 15 is 0 Å². The van der Waals surface area contributed by atoms with Gasteiger partial charge in [-0.25, -0.2) is 9.50 Å². The number of rotatable bonds is 3. The van der Waals surface area contributed by atoms with E-state index in [9.17, 15) is 4.79 Å². The van der Waals surface area contributed by atoms with Crippen LogP contribution in [0.25, 0.3) is 28.2 Å². The molecule has 3 aromatic heterocycles. The number of nitrogens with one attached hydrogen (secondary N) is 1. The molecule has 0 bridgehead atoms. The zero-order chi connectivity index (χ0) is 20.8. The minimum absolute atomic E-state index is 0.196. The van der Waals surface area contributed by atoms with Crippen LogP contribution in [0.2, 0.25) is 0 Å². The second kappa shape index (κ2) is 7.10. The van der Waals surface area contributed by atoms with Crippen molar-refractivity contribution < 1.29 is 4.42 Å². The van der Waals surface area contributed by atoms with Crippen molar-refractivity contribution in [3.63, 3.8) is 0 Å². The molecule has 1 aliphatic rings. The van der Waals surface area contributed by atoms with Gasteiger partial charge in [0.25, 0.3) is 11.4 Å². The van der Waals surface area contributed by atoms with Gasteiger partial charge < -0.3 is 14.2 Å². The first-order valence-corrected chi connectivity index (χ1v) is 9.97. The van der Waals surface area contributed by atoms with E-state index in [1.807, 2.05) is 42.2 Å². The number of aryl methyl sites for hydroxylation is 2. The minimum Gasteiger partial charge on any atom is -0.403 e. The van der Waals surface area contributed by atoms with Gasteiger partial charge in [-0.2, -0.15) is 0 Å². The van der Waals surface area contributed by atoms with Gasteiger partial charge in [-0.1, -0.05) is 35.4 Å². The van der Waals surface area contributed by atoms with Crippen LogP contribution < -0.4 is 10.5 Å². The number of likely N-dealkylation sites (N-methyl/N-ethyl adjacent to an activating group) is 1. The first kappa shape index (κ1) is 18.6. The van der Waals surface area contributed by atoms with Crippen LogP contribution in [0.4, 0.5) is 6.01 Å². The SMILES string of the molecule is Cc1nc2c(-c3ccccc3)c(C)[nH]n2c(=O)c1-c1nnc(N2CCN(C)CC2)o1. The van der Waals surface area contributed by atoms with E-state index in [2.05, 4.69) is 27.2 Å². The summed E-state index contributed by atoms with van der Waals surface area (Å²) in [5.74, 6) is 0.196. The lowest BCUT2D eigenvalue weighted by Gasteiger charge is -2.30. The van der Waals surface area contributed by atoms with Crippen molar-refractivity contribution in [3.8, 4) is 22.6 Å². The van der Waals surface area contributed by atoms with Crippen LogP contribution in [0.1, 0.15) is 11.4 Å². The second-order valence-electron chi connectivity index (χ2n) is 7.69. The molecule has 9 nitrogen and oxygen atoms in total. The maximum absolute atomic E-state index is 13.3. The number of benzene rings is 1. The predicted molar refractivity (Wildman–Crippen MR) is 114 cm³/mol. The van der Waals surface area contributed by atoms with E-state index in [0.29, 0.717) is 22.9 Å². The Hall–Kier alpha value is -3.46. The maximum Gasteiger partial charge on any atom is 0.318 e. The fourth-order valence-electron chi connectivity index (χ4n) is 3.93. The summed E-state index contributed by atoms with van der Waals surface area (Å²) in [7, 11) is 2.09. The Labute approximate surface area is 173 Å². The van der Waals surface area contributed by atoms with Gasteiger partial charge in [0.1, 0.15) is 5.56 Å². The van der Waals surface area contributed by atoms with Crippen molar-refractivity contribution >= 4 is 11.7 Å². The third-order valence-corrected chi connectivity index (χ3v) is 5.61. The number of aromatic nitrogens is 5. The van der Waals surface area contributed by atoms with E-state index in [4.69, 9.17) is 9.40 Å². The average molecular weight is 405 g/mol.